The summed E-state index contributed by atoms with van der Waals surface area (Å²) in [7, 11) is 0. The van der Waals surface area contributed by atoms with Gasteiger partial charge in [0.2, 0.25) is 0 Å². The van der Waals surface area contributed by atoms with E-state index in [4.69, 9.17) is 4.74 Å². The van der Waals surface area contributed by atoms with E-state index >= 15 is 0 Å². The molecule has 5 heteroatoms. The minimum Gasteiger partial charge on any atom is -0.466 e. The lowest BCUT2D eigenvalue weighted by Crippen LogP contribution is -2.24. The molecule has 1 saturated heterocycles. The van der Waals surface area contributed by atoms with Gasteiger partial charge in [0.25, 0.3) is 0 Å². The quantitative estimate of drug-likeness (QED) is 0.871. The summed E-state index contributed by atoms with van der Waals surface area (Å²) in [4.78, 5) is 11.8. The second-order valence-electron chi connectivity index (χ2n) is 4.29. The molecule has 1 aromatic rings. The highest BCUT2D eigenvalue weighted by Gasteiger charge is 2.36. The smallest absolute Gasteiger partial charge is 0.310 e. The molecule has 1 heterocycles. The van der Waals surface area contributed by atoms with Gasteiger partial charge in [-0.1, -0.05) is 22.0 Å². The van der Waals surface area contributed by atoms with E-state index in [9.17, 15) is 9.18 Å². The second kappa shape index (κ2) is 5.80. The van der Waals surface area contributed by atoms with Crippen LogP contribution in [0.3, 0.4) is 0 Å². The predicted octanol–water partition coefficient (Wildman–Crippen LogP) is 2.45. The molecule has 18 heavy (non-hydrogen) atoms. The fourth-order valence-electron chi connectivity index (χ4n) is 2.30. The second-order valence-corrected chi connectivity index (χ2v) is 5.20. The third kappa shape index (κ3) is 2.72. The molecule has 1 fully saturated rings. The fourth-order valence-corrected chi connectivity index (χ4v) is 2.64. The average molecular weight is 316 g/mol. The molecule has 0 radical (unpaired) electrons. The minimum atomic E-state index is -0.305. The highest BCUT2D eigenvalue weighted by atomic mass is 79.9. The molecular formula is C13H15BrFNO2. The summed E-state index contributed by atoms with van der Waals surface area (Å²) in [5, 5.41) is 3.12. The summed E-state index contributed by atoms with van der Waals surface area (Å²) >= 11 is 3.23. The first-order valence-electron chi connectivity index (χ1n) is 5.95. The van der Waals surface area contributed by atoms with Crippen molar-refractivity contribution in [3.8, 4) is 0 Å². The van der Waals surface area contributed by atoms with Crippen molar-refractivity contribution in [2.75, 3.05) is 19.7 Å². The van der Waals surface area contributed by atoms with Crippen molar-refractivity contribution in [1.82, 2.24) is 5.32 Å². The number of hydrogen-bond acceptors (Lipinski definition) is 3. The van der Waals surface area contributed by atoms with Crippen LogP contribution in [-0.4, -0.2) is 25.7 Å². The monoisotopic (exact) mass is 315 g/mol. The molecule has 0 spiro atoms. The molecule has 2 rings (SSSR count). The van der Waals surface area contributed by atoms with E-state index in [1.165, 1.54) is 6.07 Å². The Kier molecular flexibility index (Phi) is 4.35. The van der Waals surface area contributed by atoms with Crippen LogP contribution in [0.2, 0.25) is 0 Å². The highest BCUT2D eigenvalue weighted by Crippen LogP contribution is 2.31. The van der Waals surface area contributed by atoms with Gasteiger partial charge < -0.3 is 10.1 Å². The summed E-state index contributed by atoms with van der Waals surface area (Å²) in [6.45, 7) is 3.27. The Bertz CT molecular complexity index is 453. The van der Waals surface area contributed by atoms with Gasteiger partial charge in [-0.05, 0) is 24.6 Å². The third-order valence-corrected chi connectivity index (χ3v) is 3.66. The minimum absolute atomic E-state index is 0.155. The molecule has 1 N–H and O–H groups in total. The fraction of sp³-hybridized carbons (Fsp3) is 0.462. The molecule has 0 unspecified atom stereocenters. The van der Waals surface area contributed by atoms with Gasteiger partial charge in [0, 0.05) is 23.5 Å². The summed E-state index contributed by atoms with van der Waals surface area (Å²) in [6, 6.07) is 4.94. The molecule has 98 valence electrons. The standard InChI is InChI=1S/C13H15BrFNO2/c1-2-18-13(17)11-7-16-6-10(11)9-4-3-8(14)5-12(9)15/h3-5,10-11,16H,2,6-7H2,1H3/t10-,11+/m0/s1. The maximum Gasteiger partial charge on any atom is 0.310 e. The van der Waals surface area contributed by atoms with E-state index in [1.54, 1.807) is 19.1 Å². The van der Waals surface area contributed by atoms with Crippen molar-refractivity contribution in [2.45, 2.75) is 12.8 Å². The number of halogens is 2. The average Bonchev–Trinajstić information content (AvgIpc) is 2.78. The van der Waals surface area contributed by atoms with Crippen LogP contribution in [0.5, 0.6) is 0 Å². The van der Waals surface area contributed by atoms with Crippen LogP contribution in [0.4, 0.5) is 4.39 Å². The summed E-state index contributed by atoms with van der Waals surface area (Å²) in [5.41, 5.74) is 0.571. The number of benzene rings is 1. The van der Waals surface area contributed by atoms with Crippen LogP contribution in [0.15, 0.2) is 22.7 Å². The maximum atomic E-state index is 13.9. The number of carbonyl (C=O) groups excluding carboxylic acids is 1. The molecule has 2 atom stereocenters. The number of ether oxygens (including phenoxy) is 1. The van der Waals surface area contributed by atoms with Crippen LogP contribution >= 0.6 is 15.9 Å². The Labute approximate surface area is 114 Å². The van der Waals surface area contributed by atoms with E-state index in [2.05, 4.69) is 21.2 Å². The van der Waals surface area contributed by atoms with E-state index in [-0.39, 0.29) is 23.6 Å². The first-order valence-corrected chi connectivity index (χ1v) is 6.75. The van der Waals surface area contributed by atoms with Crippen LogP contribution in [0, 0.1) is 11.7 Å². The number of carbonyl (C=O) groups is 1. The normalized spacial score (nSPS) is 23.1. The van der Waals surface area contributed by atoms with Crippen molar-refractivity contribution < 1.29 is 13.9 Å². The van der Waals surface area contributed by atoms with Crippen LogP contribution in [0.1, 0.15) is 18.4 Å². The Hall–Kier alpha value is -0.940. The van der Waals surface area contributed by atoms with Crippen molar-refractivity contribution in [3.05, 3.63) is 34.1 Å². The molecule has 0 amide bonds. The number of esters is 1. The van der Waals surface area contributed by atoms with Gasteiger partial charge in [0.1, 0.15) is 5.82 Å². The maximum absolute atomic E-state index is 13.9. The van der Waals surface area contributed by atoms with Gasteiger partial charge in [-0.3, -0.25) is 4.79 Å². The molecule has 0 saturated carbocycles. The molecule has 1 aromatic carbocycles. The number of hydrogen-bond donors (Lipinski definition) is 1. The van der Waals surface area contributed by atoms with Crippen LogP contribution in [-0.2, 0) is 9.53 Å². The van der Waals surface area contributed by atoms with E-state index in [0.717, 1.165) is 0 Å². The van der Waals surface area contributed by atoms with E-state index in [0.29, 0.717) is 29.7 Å². The lowest BCUT2D eigenvalue weighted by atomic mass is 9.88. The van der Waals surface area contributed by atoms with Gasteiger partial charge in [-0.15, -0.1) is 0 Å². The number of rotatable bonds is 3. The van der Waals surface area contributed by atoms with Crippen molar-refractivity contribution >= 4 is 21.9 Å². The molecule has 1 aliphatic heterocycles. The SMILES string of the molecule is CCOC(=O)[C@@H]1CNC[C@H]1c1ccc(Br)cc1F. The molecule has 0 aromatic heterocycles. The molecule has 0 aliphatic carbocycles. The summed E-state index contributed by atoms with van der Waals surface area (Å²) in [5.74, 6) is -1.00. The molecule has 0 bridgehead atoms. The first kappa shape index (κ1) is 13.5. The largest absolute Gasteiger partial charge is 0.466 e. The van der Waals surface area contributed by atoms with Crippen molar-refractivity contribution in [2.24, 2.45) is 5.92 Å². The Morgan fingerprint density at radius 1 is 1.56 bits per heavy atom. The van der Waals surface area contributed by atoms with Crippen molar-refractivity contribution in [1.29, 1.82) is 0 Å². The van der Waals surface area contributed by atoms with Crippen molar-refractivity contribution in [3.63, 3.8) is 0 Å². The summed E-state index contributed by atoms with van der Waals surface area (Å²) in [6.07, 6.45) is 0. The summed E-state index contributed by atoms with van der Waals surface area (Å²) < 4.78 is 19.6. The van der Waals surface area contributed by atoms with Gasteiger partial charge in [0.15, 0.2) is 0 Å². The highest BCUT2D eigenvalue weighted by molar-refractivity contribution is 9.10. The van der Waals surface area contributed by atoms with Gasteiger partial charge in [-0.2, -0.15) is 0 Å². The Morgan fingerprint density at radius 2 is 2.33 bits per heavy atom. The zero-order valence-electron chi connectivity index (χ0n) is 10.1. The van der Waals surface area contributed by atoms with Crippen LogP contribution in [0.25, 0.3) is 0 Å². The number of nitrogens with one attached hydrogen (secondary N) is 1. The van der Waals surface area contributed by atoms with Crippen LogP contribution < -0.4 is 5.32 Å². The topological polar surface area (TPSA) is 38.3 Å². The Balaban J connectivity index is 2.23. The first-order chi connectivity index (χ1) is 8.63. The van der Waals surface area contributed by atoms with E-state index < -0.39 is 0 Å². The lowest BCUT2D eigenvalue weighted by Gasteiger charge is -2.18. The third-order valence-electron chi connectivity index (χ3n) is 3.17. The predicted molar refractivity (Wildman–Crippen MR) is 69.8 cm³/mol. The zero-order valence-corrected chi connectivity index (χ0v) is 11.7. The zero-order chi connectivity index (χ0) is 13.1. The molecule has 3 nitrogen and oxygen atoms in total. The van der Waals surface area contributed by atoms with Gasteiger partial charge in [0.05, 0.1) is 12.5 Å². The Morgan fingerprint density at radius 3 is 3.00 bits per heavy atom. The molecular weight excluding hydrogens is 301 g/mol. The van der Waals surface area contributed by atoms with Gasteiger partial charge in [-0.25, -0.2) is 4.39 Å². The van der Waals surface area contributed by atoms with E-state index in [1.807, 2.05) is 0 Å². The van der Waals surface area contributed by atoms with Gasteiger partial charge >= 0.3 is 5.97 Å². The molecule has 1 aliphatic rings. The lowest BCUT2D eigenvalue weighted by molar-refractivity contribution is -0.147.